The van der Waals surface area contributed by atoms with E-state index in [1.54, 1.807) is 12.1 Å². The fourth-order valence-corrected chi connectivity index (χ4v) is 4.22. The first-order valence-electron chi connectivity index (χ1n) is 11.3. The molecule has 1 heterocycles. The zero-order valence-electron chi connectivity index (χ0n) is 19.8. The summed E-state index contributed by atoms with van der Waals surface area (Å²) >= 11 is 0. The maximum Gasteiger partial charge on any atom is 0.291 e. The lowest BCUT2D eigenvalue weighted by molar-refractivity contribution is -0.384. The number of amides is 2. The minimum atomic E-state index is -0.486. The largest absolute Gasteiger partial charge is 0.455 e. The smallest absolute Gasteiger partial charge is 0.291 e. The Labute approximate surface area is 202 Å². The maximum atomic E-state index is 13.0. The maximum absolute atomic E-state index is 13.0. The summed E-state index contributed by atoms with van der Waals surface area (Å²) in [6, 6.07) is 11.6. The Morgan fingerprint density at radius 3 is 2.51 bits per heavy atom. The van der Waals surface area contributed by atoms with Gasteiger partial charge in [-0.2, -0.15) is 5.10 Å². The van der Waals surface area contributed by atoms with E-state index in [4.69, 9.17) is 4.42 Å². The Kier molecular flexibility index (Phi) is 6.77. The van der Waals surface area contributed by atoms with Gasteiger partial charge in [-0.1, -0.05) is 29.8 Å². The number of hydrazone groups is 1. The van der Waals surface area contributed by atoms with Crippen LogP contribution >= 0.6 is 0 Å². The summed E-state index contributed by atoms with van der Waals surface area (Å²) in [4.78, 5) is 35.7. The van der Waals surface area contributed by atoms with E-state index in [1.807, 2.05) is 39.0 Å². The molecular weight excluding hydrogens is 448 g/mol. The van der Waals surface area contributed by atoms with E-state index in [2.05, 4.69) is 15.8 Å². The van der Waals surface area contributed by atoms with Gasteiger partial charge in [0, 0.05) is 35.4 Å². The minimum Gasteiger partial charge on any atom is -0.455 e. The van der Waals surface area contributed by atoms with Gasteiger partial charge in [0.25, 0.3) is 11.6 Å². The Hall–Kier alpha value is -4.27. The lowest BCUT2D eigenvalue weighted by atomic mass is 9.93. The highest BCUT2D eigenvalue weighted by Gasteiger charge is 2.28. The van der Waals surface area contributed by atoms with Gasteiger partial charge in [0.1, 0.15) is 5.76 Å². The quantitative estimate of drug-likeness (QED) is 0.393. The standard InChI is InChI=1S/C26H26N4O5/c1-15-7-12-20(16(2)13-15)27-26(32)25-17(3)24-21(5-4-6-22(24)35-25)28-29-23(31)14-18-8-10-19(11-9-18)30(33)34/h7-13H,4-6,14H2,1-3H3,(H,27,32)(H,29,31)/b28-21+. The molecule has 3 aromatic rings. The molecular formula is C26H26N4O5. The SMILES string of the molecule is Cc1ccc(NC(=O)c2oc3c(c2C)/C(=N/NC(=O)Cc2ccc([N+](=O)[O-])cc2)CCC3)c(C)c1. The molecule has 9 nitrogen and oxygen atoms in total. The van der Waals surface area contributed by atoms with Crippen molar-refractivity contribution in [2.75, 3.05) is 5.32 Å². The summed E-state index contributed by atoms with van der Waals surface area (Å²) < 4.78 is 5.94. The molecule has 2 amide bonds. The van der Waals surface area contributed by atoms with Gasteiger partial charge >= 0.3 is 0 Å². The van der Waals surface area contributed by atoms with Crippen molar-refractivity contribution in [3.8, 4) is 0 Å². The molecule has 1 aliphatic carbocycles. The third-order valence-corrected chi connectivity index (χ3v) is 5.99. The molecule has 1 aliphatic rings. The van der Waals surface area contributed by atoms with Gasteiger partial charge in [-0.05, 0) is 50.8 Å². The topological polar surface area (TPSA) is 127 Å². The van der Waals surface area contributed by atoms with E-state index in [0.29, 0.717) is 35.4 Å². The number of nitro groups is 1. The molecule has 35 heavy (non-hydrogen) atoms. The van der Waals surface area contributed by atoms with Crippen molar-refractivity contribution in [3.05, 3.63) is 91.9 Å². The summed E-state index contributed by atoms with van der Waals surface area (Å²) in [6.07, 6.45) is 2.15. The Bertz CT molecular complexity index is 1340. The van der Waals surface area contributed by atoms with Gasteiger partial charge in [0.15, 0.2) is 5.76 Å². The summed E-state index contributed by atoms with van der Waals surface area (Å²) in [5.74, 6) is 0.252. The summed E-state index contributed by atoms with van der Waals surface area (Å²) in [6.45, 7) is 5.75. The lowest BCUT2D eigenvalue weighted by Gasteiger charge is -2.13. The molecule has 2 aromatic carbocycles. The van der Waals surface area contributed by atoms with Gasteiger partial charge in [0.05, 0.1) is 17.1 Å². The number of nitro benzene ring substituents is 1. The molecule has 0 saturated heterocycles. The fraction of sp³-hybridized carbons (Fsp3) is 0.269. The number of furan rings is 1. The van der Waals surface area contributed by atoms with Crippen LogP contribution in [0.2, 0.25) is 0 Å². The van der Waals surface area contributed by atoms with E-state index in [-0.39, 0.29) is 29.7 Å². The van der Waals surface area contributed by atoms with Crippen molar-refractivity contribution in [2.45, 2.75) is 46.5 Å². The van der Waals surface area contributed by atoms with Crippen LogP contribution in [0, 0.1) is 30.9 Å². The van der Waals surface area contributed by atoms with Crippen LogP contribution < -0.4 is 10.7 Å². The van der Waals surface area contributed by atoms with Gasteiger partial charge < -0.3 is 9.73 Å². The number of hydrogen-bond acceptors (Lipinski definition) is 6. The normalized spacial score (nSPS) is 13.9. The number of benzene rings is 2. The van der Waals surface area contributed by atoms with E-state index in [0.717, 1.165) is 28.8 Å². The van der Waals surface area contributed by atoms with E-state index in [9.17, 15) is 19.7 Å². The third-order valence-electron chi connectivity index (χ3n) is 5.99. The zero-order valence-corrected chi connectivity index (χ0v) is 19.8. The molecule has 0 fully saturated rings. The lowest BCUT2D eigenvalue weighted by Crippen LogP contribution is -2.23. The highest BCUT2D eigenvalue weighted by Crippen LogP contribution is 2.30. The molecule has 0 bridgehead atoms. The van der Waals surface area contributed by atoms with Crippen molar-refractivity contribution in [1.29, 1.82) is 0 Å². The first-order chi connectivity index (χ1) is 16.7. The van der Waals surface area contributed by atoms with E-state index in [1.165, 1.54) is 12.1 Å². The number of fused-ring (bicyclic) bond motifs is 1. The summed E-state index contributed by atoms with van der Waals surface area (Å²) in [7, 11) is 0. The second kappa shape index (κ2) is 9.92. The van der Waals surface area contributed by atoms with E-state index < -0.39 is 4.92 Å². The van der Waals surface area contributed by atoms with Crippen molar-refractivity contribution >= 4 is 28.9 Å². The summed E-state index contributed by atoms with van der Waals surface area (Å²) in [5.41, 5.74) is 8.09. The van der Waals surface area contributed by atoms with Crippen molar-refractivity contribution in [3.63, 3.8) is 0 Å². The predicted octanol–water partition coefficient (Wildman–Crippen LogP) is 4.76. The molecule has 9 heteroatoms. The Balaban J connectivity index is 1.48. The van der Waals surface area contributed by atoms with E-state index >= 15 is 0 Å². The second-order valence-electron chi connectivity index (χ2n) is 8.67. The first-order valence-corrected chi connectivity index (χ1v) is 11.3. The average Bonchev–Trinajstić information content (AvgIpc) is 3.17. The number of hydrogen-bond donors (Lipinski definition) is 2. The van der Waals surface area contributed by atoms with Crippen LogP contribution in [0.4, 0.5) is 11.4 Å². The van der Waals surface area contributed by atoms with Crippen LogP contribution in [0.25, 0.3) is 0 Å². The van der Waals surface area contributed by atoms with Gasteiger partial charge in [-0.3, -0.25) is 19.7 Å². The number of carbonyl (C=O) groups excluding carboxylic acids is 2. The number of non-ortho nitro benzene ring substituents is 1. The molecule has 0 atom stereocenters. The number of nitrogens with one attached hydrogen (secondary N) is 2. The zero-order chi connectivity index (χ0) is 25.1. The molecule has 0 radical (unpaired) electrons. The van der Waals surface area contributed by atoms with Crippen LogP contribution in [-0.4, -0.2) is 22.4 Å². The van der Waals surface area contributed by atoms with Crippen LogP contribution in [0.5, 0.6) is 0 Å². The molecule has 180 valence electrons. The third kappa shape index (κ3) is 5.29. The number of aryl methyl sites for hydroxylation is 3. The Morgan fingerprint density at radius 1 is 1.09 bits per heavy atom. The van der Waals surface area contributed by atoms with Gasteiger partial charge in [-0.25, -0.2) is 5.43 Å². The number of anilines is 1. The van der Waals surface area contributed by atoms with Gasteiger partial charge in [-0.15, -0.1) is 0 Å². The number of nitrogens with zero attached hydrogens (tertiary/aromatic N) is 2. The molecule has 4 rings (SSSR count). The molecule has 0 unspecified atom stereocenters. The molecule has 0 aliphatic heterocycles. The monoisotopic (exact) mass is 474 g/mol. The van der Waals surface area contributed by atoms with Crippen molar-refractivity contribution in [1.82, 2.24) is 5.43 Å². The number of carbonyl (C=O) groups is 2. The predicted molar refractivity (Wildman–Crippen MR) is 132 cm³/mol. The highest BCUT2D eigenvalue weighted by atomic mass is 16.6. The highest BCUT2D eigenvalue weighted by molar-refractivity contribution is 6.09. The van der Waals surface area contributed by atoms with Crippen LogP contribution in [0.15, 0.2) is 52.0 Å². The first kappa shape index (κ1) is 23.9. The Morgan fingerprint density at radius 2 is 1.83 bits per heavy atom. The average molecular weight is 475 g/mol. The molecule has 1 aromatic heterocycles. The minimum absolute atomic E-state index is 0.0306. The number of rotatable bonds is 6. The van der Waals surface area contributed by atoms with Crippen LogP contribution in [0.3, 0.4) is 0 Å². The molecule has 0 spiro atoms. The van der Waals surface area contributed by atoms with Crippen LogP contribution in [-0.2, 0) is 17.6 Å². The molecule has 2 N–H and O–H groups in total. The second-order valence-corrected chi connectivity index (χ2v) is 8.67. The van der Waals surface area contributed by atoms with Crippen molar-refractivity contribution < 1.29 is 18.9 Å². The molecule has 0 saturated carbocycles. The fourth-order valence-electron chi connectivity index (χ4n) is 4.22. The van der Waals surface area contributed by atoms with Crippen molar-refractivity contribution in [2.24, 2.45) is 5.10 Å². The van der Waals surface area contributed by atoms with Crippen LogP contribution in [0.1, 0.15) is 57.0 Å². The van der Waals surface area contributed by atoms with Gasteiger partial charge in [0.2, 0.25) is 5.91 Å². The summed E-state index contributed by atoms with van der Waals surface area (Å²) in [5, 5.41) is 18.0.